The summed E-state index contributed by atoms with van der Waals surface area (Å²) in [4.78, 5) is 39.5. The van der Waals surface area contributed by atoms with E-state index in [9.17, 15) is 22.8 Å². The van der Waals surface area contributed by atoms with Gasteiger partial charge in [-0.2, -0.15) is 4.99 Å². The van der Waals surface area contributed by atoms with Crippen molar-refractivity contribution in [1.82, 2.24) is 14.8 Å². The van der Waals surface area contributed by atoms with Crippen molar-refractivity contribution >= 4 is 40.8 Å². The molecule has 9 nitrogen and oxygen atoms in total. The van der Waals surface area contributed by atoms with Gasteiger partial charge in [-0.3, -0.25) is 9.69 Å². The molecular formula is C32H29F3N6O3S. The van der Waals surface area contributed by atoms with Crippen molar-refractivity contribution in [3.63, 3.8) is 0 Å². The molecule has 0 spiro atoms. The van der Waals surface area contributed by atoms with Crippen molar-refractivity contribution in [2.24, 2.45) is 9.98 Å². The maximum atomic E-state index is 12.8. The minimum absolute atomic E-state index is 0.135. The number of anilines is 1. The lowest BCUT2D eigenvalue weighted by atomic mass is 9.99. The fraction of sp³-hybridized carbons (Fsp3) is 0.250. The molecule has 0 saturated carbocycles. The van der Waals surface area contributed by atoms with Gasteiger partial charge in [-0.1, -0.05) is 68.9 Å². The second kappa shape index (κ2) is 13.1. The molecule has 1 aromatic heterocycles. The Hall–Kier alpha value is -4.78. The van der Waals surface area contributed by atoms with Gasteiger partial charge in [-0.05, 0) is 59.9 Å². The molecule has 13 heteroatoms. The zero-order valence-electron chi connectivity index (χ0n) is 24.8. The first-order valence-corrected chi connectivity index (χ1v) is 15.0. The summed E-state index contributed by atoms with van der Waals surface area (Å²) in [6, 6.07) is 17.9. The van der Waals surface area contributed by atoms with Crippen LogP contribution in [-0.4, -0.2) is 50.2 Å². The normalized spacial score (nSPS) is 15.4. The van der Waals surface area contributed by atoms with E-state index in [1.807, 2.05) is 70.2 Å². The minimum Gasteiger partial charge on any atom is -0.406 e. The van der Waals surface area contributed by atoms with Crippen molar-refractivity contribution in [2.75, 3.05) is 10.7 Å². The number of hydrogen-bond acceptors (Lipinski definition) is 6. The number of nitrogens with zero attached hydrogens (tertiary/aromatic N) is 6. The number of rotatable bonds is 7. The SMILES string of the molecule is Cc1ccc(C(C)C)c(N2C(=O)CSC2=NC(=O)N=CC(C)c2ccc(-c3ncn(-c4ccc(OC(F)(F)F)cc4)n3)cc2)c1. The Morgan fingerprint density at radius 2 is 1.76 bits per heavy atom. The van der Waals surface area contributed by atoms with Gasteiger partial charge in [0.2, 0.25) is 5.91 Å². The van der Waals surface area contributed by atoms with Crippen molar-refractivity contribution in [3.05, 3.63) is 89.7 Å². The summed E-state index contributed by atoms with van der Waals surface area (Å²) in [5, 5.41) is 4.73. The number of alkyl halides is 3. The number of carbonyl (C=O) groups excluding carboxylic acids is 2. The molecule has 0 radical (unpaired) electrons. The molecule has 1 saturated heterocycles. The van der Waals surface area contributed by atoms with Crippen LogP contribution in [0.3, 0.4) is 0 Å². The molecule has 1 unspecified atom stereocenters. The Morgan fingerprint density at radius 1 is 1.04 bits per heavy atom. The second-order valence-electron chi connectivity index (χ2n) is 10.7. The van der Waals surface area contributed by atoms with E-state index in [0.29, 0.717) is 16.7 Å². The average molecular weight is 635 g/mol. The molecule has 1 aliphatic rings. The van der Waals surface area contributed by atoms with E-state index in [1.54, 1.807) is 0 Å². The maximum absolute atomic E-state index is 12.8. The average Bonchev–Trinajstić information content (AvgIpc) is 3.62. The van der Waals surface area contributed by atoms with Crippen molar-refractivity contribution in [3.8, 4) is 22.8 Å². The first kappa shape index (κ1) is 31.6. The molecule has 5 rings (SSSR count). The number of aromatic nitrogens is 3. The molecule has 0 N–H and O–H groups in total. The number of thioether (sulfide) groups is 1. The van der Waals surface area contributed by atoms with Gasteiger partial charge in [0, 0.05) is 17.7 Å². The van der Waals surface area contributed by atoms with E-state index in [1.165, 1.54) is 58.2 Å². The molecule has 1 aliphatic heterocycles. The first-order chi connectivity index (χ1) is 21.4. The monoisotopic (exact) mass is 634 g/mol. The topological polar surface area (TPSA) is 102 Å². The molecular weight excluding hydrogens is 605 g/mol. The van der Waals surface area contributed by atoms with Crippen molar-refractivity contribution < 1.29 is 27.5 Å². The second-order valence-corrected chi connectivity index (χ2v) is 11.6. The Morgan fingerprint density at radius 3 is 2.42 bits per heavy atom. The standard InChI is InChI=1S/C32H29F3N6O3S/c1-19(2)26-14-5-20(3)15-27(26)41-28(42)17-45-31(41)38-30(43)36-16-21(4)22-6-8-23(9-7-22)29-37-18-40(39-29)24-10-12-25(13-11-24)44-32(33,34)35/h5-16,18-19,21H,17H2,1-4H3. The van der Waals surface area contributed by atoms with Gasteiger partial charge in [0.15, 0.2) is 11.0 Å². The number of carbonyl (C=O) groups is 2. The lowest BCUT2D eigenvalue weighted by molar-refractivity contribution is -0.274. The molecule has 232 valence electrons. The third kappa shape index (κ3) is 7.66. The van der Waals surface area contributed by atoms with E-state index in [4.69, 9.17) is 0 Å². The Kier molecular flexibility index (Phi) is 9.19. The van der Waals surface area contributed by atoms with E-state index in [2.05, 4.69) is 24.8 Å². The fourth-order valence-corrected chi connectivity index (χ4v) is 5.50. The molecule has 4 aromatic rings. The van der Waals surface area contributed by atoms with Gasteiger partial charge in [0.25, 0.3) is 0 Å². The predicted octanol–water partition coefficient (Wildman–Crippen LogP) is 7.70. The van der Waals surface area contributed by atoms with Crippen LogP contribution in [0.4, 0.5) is 23.7 Å². The van der Waals surface area contributed by atoms with Crippen LogP contribution in [0.5, 0.6) is 5.75 Å². The Labute approximate surface area is 261 Å². The van der Waals surface area contributed by atoms with E-state index in [-0.39, 0.29) is 29.2 Å². The highest BCUT2D eigenvalue weighted by molar-refractivity contribution is 8.15. The number of aryl methyl sites for hydroxylation is 1. The number of aliphatic imine (C=N–C) groups is 2. The van der Waals surface area contributed by atoms with Crippen molar-refractivity contribution in [2.45, 2.75) is 45.9 Å². The van der Waals surface area contributed by atoms with Gasteiger partial charge in [0.1, 0.15) is 12.1 Å². The molecule has 1 fully saturated rings. The third-order valence-electron chi connectivity index (χ3n) is 6.94. The number of urea groups is 1. The Bertz CT molecular complexity index is 1770. The van der Waals surface area contributed by atoms with Crippen LogP contribution in [-0.2, 0) is 4.79 Å². The Balaban J connectivity index is 1.25. The summed E-state index contributed by atoms with van der Waals surface area (Å²) in [7, 11) is 0. The molecule has 1 atom stereocenters. The van der Waals surface area contributed by atoms with Gasteiger partial charge in [-0.25, -0.2) is 19.5 Å². The third-order valence-corrected chi connectivity index (χ3v) is 7.86. The summed E-state index contributed by atoms with van der Waals surface area (Å²) >= 11 is 1.21. The predicted molar refractivity (Wildman–Crippen MR) is 168 cm³/mol. The molecule has 45 heavy (non-hydrogen) atoms. The number of amides is 3. The van der Waals surface area contributed by atoms with Gasteiger partial charge >= 0.3 is 12.4 Å². The number of hydrogen-bond donors (Lipinski definition) is 0. The fourth-order valence-electron chi connectivity index (χ4n) is 4.65. The first-order valence-electron chi connectivity index (χ1n) is 14.0. The summed E-state index contributed by atoms with van der Waals surface area (Å²) in [5.74, 6) is 0.113. The van der Waals surface area contributed by atoms with Crippen LogP contribution >= 0.6 is 11.8 Å². The summed E-state index contributed by atoms with van der Waals surface area (Å²) in [5.41, 5.74) is 4.85. The number of ether oxygens (including phenoxy) is 1. The van der Waals surface area contributed by atoms with Crippen molar-refractivity contribution in [1.29, 1.82) is 0 Å². The quantitative estimate of drug-likeness (QED) is 0.193. The highest BCUT2D eigenvalue weighted by atomic mass is 32.2. The lowest BCUT2D eigenvalue weighted by Gasteiger charge is -2.22. The van der Waals surface area contributed by atoms with Crippen LogP contribution in [0, 0.1) is 6.92 Å². The number of benzene rings is 3. The van der Waals surface area contributed by atoms with E-state index in [0.717, 1.165) is 27.9 Å². The number of halogens is 3. The smallest absolute Gasteiger partial charge is 0.406 e. The molecule has 0 bridgehead atoms. The highest BCUT2D eigenvalue weighted by Crippen LogP contribution is 2.34. The van der Waals surface area contributed by atoms with Crippen LogP contribution < -0.4 is 9.64 Å². The molecule has 3 aromatic carbocycles. The van der Waals surface area contributed by atoms with E-state index < -0.39 is 12.4 Å². The van der Waals surface area contributed by atoms with Gasteiger partial charge < -0.3 is 4.74 Å². The summed E-state index contributed by atoms with van der Waals surface area (Å²) < 4.78 is 42.6. The molecule has 0 aliphatic carbocycles. The van der Waals surface area contributed by atoms with Gasteiger partial charge in [0.05, 0.1) is 17.1 Å². The molecule has 3 amide bonds. The zero-order valence-corrected chi connectivity index (χ0v) is 25.6. The van der Waals surface area contributed by atoms with Gasteiger partial charge in [-0.15, -0.1) is 18.3 Å². The lowest BCUT2D eigenvalue weighted by Crippen LogP contribution is -2.31. The minimum atomic E-state index is -4.76. The highest BCUT2D eigenvalue weighted by Gasteiger charge is 2.33. The maximum Gasteiger partial charge on any atom is 0.573 e. The van der Waals surface area contributed by atoms with Crippen LogP contribution in [0.15, 0.2) is 83.0 Å². The van der Waals surface area contributed by atoms with E-state index >= 15 is 0 Å². The summed E-state index contributed by atoms with van der Waals surface area (Å²) in [6.07, 6.45) is -1.79. The van der Waals surface area contributed by atoms with Crippen LogP contribution in [0.1, 0.15) is 49.3 Å². The van der Waals surface area contributed by atoms with Crippen LogP contribution in [0.2, 0.25) is 0 Å². The number of amidine groups is 1. The zero-order chi connectivity index (χ0) is 32.3. The van der Waals surface area contributed by atoms with Crippen LogP contribution in [0.25, 0.3) is 17.1 Å². The largest absolute Gasteiger partial charge is 0.573 e. The molecule has 2 heterocycles. The summed E-state index contributed by atoms with van der Waals surface area (Å²) in [6.45, 7) is 7.94.